The summed E-state index contributed by atoms with van der Waals surface area (Å²) >= 11 is 0. The first-order valence-electron chi connectivity index (χ1n) is 20.0. The summed E-state index contributed by atoms with van der Waals surface area (Å²) in [4.78, 5) is 61.9. The Balaban J connectivity index is 0.000000224. The van der Waals surface area contributed by atoms with Crippen LogP contribution in [0.5, 0.6) is 0 Å². The quantitative estimate of drug-likeness (QED) is 0.192. The number of carbonyl (C=O) groups is 4. The minimum absolute atomic E-state index is 0.166. The number of aromatic nitrogens is 4. The smallest absolute Gasteiger partial charge is 0.420 e. The maximum Gasteiger partial charge on any atom is 0.420 e. The number of rotatable bonds is 2. The largest absolute Gasteiger partial charge is 0.444 e. The maximum atomic E-state index is 12.7. The van der Waals surface area contributed by atoms with Gasteiger partial charge in [-0.2, -0.15) is 0 Å². The fraction of sp³-hybridized carbons (Fsp3) is 0.545. The summed E-state index contributed by atoms with van der Waals surface area (Å²) in [6.07, 6.45) is 7.47. The molecule has 0 spiro atoms. The summed E-state index contributed by atoms with van der Waals surface area (Å²) < 4.78 is 24.7. The number of amides is 2. The molecule has 4 aromatic rings. The predicted octanol–water partition coefficient (Wildman–Crippen LogP) is 8.75. The number of aliphatic hydroxyl groups excluding tert-OH is 1. The molecule has 15 heteroatoms. The van der Waals surface area contributed by atoms with Crippen molar-refractivity contribution in [3.05, 3.63) is 66.3 Å². The highest BCUT2D eigenvalue weighted by molar-refractivity contribution is 5.96. The molecule has 0 bridgehead atoms. The third-order valence-electron chi connectivity index (χ3n) is 9.18. The minimum Gasteiger partial charge on any atom is -0.444 e. The molecular weight excluding hydrogens is 757 g/mol. The summed E-state index contributed by atoms with van der Waals surface area (Å²) in [5.74, 6) is -0.237. The SMILES string of the molecule is CC(C)(C)OC(=O)N1CC=C(c2cn(C(=O)OC(C)(C)C)c3ncccc23)CC1.CC(C)(C)OC(=O)N1CC[C@@H](c2cn(C(=O)OC(C)(C)C)c3ncccc23)C(O)C1. The van der Waals surface area contributed by atoms with Gasteiger partial charge in [0.05, 0.1) is 12.6 Å². The van der Waals surface area contributed by atoms with Crippen molar-refractivity contribution in [2.45, 2.75) is 130 Å². The number of ether oxygens (including phenoxy) is 4. The van der Waals surface area contributed by atoms with Gasteiger partial charge in [0.15, 0.2) is 0 Å². The lowest BCUT2D eigenvalue weighted by molar-refractivity contribution is -0.00142. The topological polar surface area (TPSA) is 168 Å². The molecule has 0 aromatic carbocycles. The van der Waals surface area contributed by atoms with E-state index in [9.17, 15) is 24.3 Å². The van der Waals surface area contributed by atoms with E-state index in [2.05, 4.69) is 9.97 Å². The molecule has 6 heterocycles. The summed E-state index contributed by atoms with van der Waals surface area (Å²) in [5, 5.41) is 12.5. The zero-order valence-electron chi connectivity index (χ0n) is 36.5. The lowest BCUT2D eigenvalue weighted by Gasteiger charge is -2.36. The number of piperidine rings is 1. The Morgan fingerprint density at radius 1 is 0.644 bits per heavy atom. The molecule has 15 nitrogen and oxygen atoms in total. The Hall–Kier alpha value is -5.44. The molecular formula is C44H60N6O9. The van der Waals surface area contributed by atoms with Crippen LogP contribution in [0.2, 0.25) is 0 Å². The van der Waals surface area contributed by atoms with Gasteiger partial charge in [-0.05, 0) is 131 Å². The molecule has 1 N–H and O–H groups in total. The Morgan fingerprint density at radius 3 is 1.61 bits per heavy atom. The van der Waals surface area contributed by atoms with Crippen molar-refractivity contribution in [2.75, 3.05) is 26.2 Å². The van der Waals surface area contributed by atoms with Gasteiger partial charge in [-0.25, -0.2) is 38.3 Å². The second kappa shape index (κ2) is 17.0. The van der Waals surface area contributed by atoms with Gasteiger partial charge in [0, 0.05) is 66.7 Å². The van der Waals surface area contributed by atoms with E-state index in [1.165, 1.54) is 14.0 Å². The molecule has 0 aliphatic carbocycles. The van der Waals surface area contributed by atoms with E-state index in [0.717, 1.165) is 27.5 Å². The van der Waals surface area contributed by atoms with E-state index < -0.39 is 46.8 Å². The highest BCUT2D eigenvalue weighted by atomic mass is 16.6. The van der Waals surface area contributed by atoms with E-state index in [0.29, 0.717) is 43.8 Å². The molecule has 59 heavy (non-hydrogen) atoms. The van der Waals surface area contributed by atoms with Gasteiger partial charge in [-0.15, -0.1) is 0 Å². The van der Waals surface area contributed by atoms with Gasteiger partial charge in [0.25, 0.3) is 0 Å². The summed E-state index contributed by atoms with van der Waals surface area (Å²) in [6.45, 7) is 23.6. The Morgan fingerprint density at radius 2 is 1.12 bits per heavy atom. The minimum atomic E-state index is -0.788. The first-order chi connectivity index (χ1) is 27.3. The van der Waals surface area contributed by atoms with E-state index >= 15 is 0 Å². The monoisotopic (exact) mass is 816 g/mol. The average molecular weight is 817 g/mol. The Bertz CT molecular complexity index is 2210. The number of fused-ring (bicyclic) bond motifs is 2. The molecule has 1 saturated heterocycles. The average Bonchev–Trinajstić information content (AvgIpc) is 3.69. The van der Waals surface area contributed by atoms with Gasteiger partial charge in [-0.1, -0.05) is 6.08 Å². The zero-order valence-corrected chi connectivity index (χ0v) is 36.5. The zero-order chi connectivity index (χ0) is 43.7. The van der Waals surface area contributed by atoms with Gasteiger partial charge >= 0.3 is 24.4 Å². The van der Waals surface area contributed by atoms with Crippen LogP contribution in [0.3, 0.4) is 0 Å². The number of likely N-dealkylation sites (tertiary alicyclic amines) is 1. The lowest BCUT2D eigenvalue weighted by atomic mass is 9.87. The third kappa shape index (κ3) is 11.6. The molecule has 2 atom stereocenters. The van der Waals surface area contributed by atoms with E-state index in [1.807, 2.05) is 86.6 Å². The molecule has 6 rings (SSSR count). The van der Waals surface area contributed by atoms with Crippen LogP contribution in [0, 0.1) is 0 Å². The number of hydrogen-bond donors (Lipinski definition) is 1. The van der Waals surface area contributed by atoms with E-state index in [-0.39, 0.29) is 18.6 Å². The number of carbonyl (C=O) groups excluding carboxylic acids is 4. The molecule has 2 amide bonds. The van der Waals surface area contributed by atoms with Crippen LogP contribution in [-0.2, 0) is 18.9 Å². The van der Waals surface area contributed by atoms with Crippen molar-refractivity contribution in [3.63, 3.8) is 0 Å². The number of hydrogen-bond acceptors (Lipinski definition) is 11. The van der Waals surface area contributed by atoms with Crippen LogP contribution in [0.1, 0.15) is 113 Å². The first-order valence-corrected chi connectivity index (χ1v) is 20.0. The van der Waals surface area contributed by atoms with Crippen LogP contribution in [-0.4, -0.2) is 113 Å². The van der Waals surface area contributed by atoms with Crippen LogP contribution >= 0.6 is 0 Å². The second-order valence-corrected chi connectivity index (χ2v) is 18.9. The van der Waals surface area contributed by atoms with Crippen molar-refractivity contribution in [1.29, 1.82) is 0 Å². The number of nitrogens with zero attached hydrogens (tertiary/aromatic N) is 6. The molecule has 4 aromatic heterocycles. The Labute approximate surface area is 346 Å². The van der Waals surface area contributed by atoms with Gasteiger partial charge in [0.2, 0.25) is 0 Å². The summed E-state index contributed by atoms with van der Waals surface area (Å²) in [7, 11) is 0. The second-order valence-electron chi connectivity index (χ2n) is 18.9. The normalized spacial score (nSPS) is 17.8. The number of aliphatic hydroxyl groups is 1. The van der Waals surface area contributed by atoms with Gasteiger partial charge in [-0.3, -0.25) is 0 Å². The third-order valence-corrected chi connectivity index (χ3v) is 9.18. The van der Waals surface area contributed by atoms with Crippen LogP contribution < -0.4 is 0 Å². The van der Waals surface area contributed by atoms with Gasteiger partial charge < -0.3 is 33.9 Å². The van der Waals surface area contributed by atoms with E-state index in [4.69, 9.17) is 18.9 Å². The number of β-amino-alcohol motifs (C(OH)–C–C–N with tert-alkyl or cyclic N) is 1. The summed E-state index contributed by atoms with van der Waals surface area (Å²) in [5.41, 5.74) is 1.53. The van der Waals surface area contributed by atoms with Crippen molar-refractivity contribution in [2.24, 2.45) is 0 Å². The standard InChI is InChI=1S/C22H31N3O5.C22H29N3O4/c1-21(2,3)29-19(27)24-11-9-14(17(26)13-24)16-12-25(20(28)30-22(4,5)6)18-15(16)8-7-10-23-18;1-21(2,3)28-19(26)24-12-9-15(10-13-24)17-14-25(20(27)29-22(4,5)6)18-16(17)8-7-11-23-18/h7-8,10,12,14,17,26H,9,11,13H2,1-6H3;7-9,11,14H,10,12-13H2,1-6H3/t14-,17?;/m0./s1. The van der Waals surface area contributed by atoms with Crippen LogP contribution in [0.15, 0.2) is 55.1 Å². The molecule has 320 valence electrons. The first kappa shape index (κ1) is 44.7. The van der Waals surface area contributed by atoms with Crippen molar-refractivity contribution >= 4 is 52.0 Å². The fourth-order valence-electron chi connectivity index (χ4n) is 6.79. The summed E-state index contributed by atoms with van der Waals surface area (Å²) in [6, 6.07) is 7.47. The highest BCUT2D eigenvalue weighted by Gasteiger charge is 2.36. The number of pyridine rings is 2. The molecule has 0 radical (unpaired) electrons. The lowest BCUT2D eigenvalue weighted by Crippen LogP contribution is -2.47. The van der Waals surface area contributed by atoms with Crippen molar-refractivity contribution in [1.82, 2.24) is 28.9 Å². The molecule has 2 aliphatic heterocycles. The van der Waals surface area contributed by atoms with Crippen LogP contribution in [0.4, 0.5) is 19.2 Å². The fourth-order valence-corrected chi connectivity index (χ4v) is 6.79. The van der Waals surface area contributed by atoms with Crippen molar-refractivity contribution < 1.29 is 43.2 Å². The molecule has 1 fully saturated rings. The maximum absolute atomic E-state index is 12.7. The van der Waals surface area contributed by atoms with E-state index in [1.54, 1.807) is 56.5 Å². The van der Waals surface area contributed by atoms with Gasteiger partial charge in [0.1, 0.15) is 33.7 Å². The molecule has 1 unspecified atom stereocenters. The Kier molecular flexibility index (Phi) is 12.9. The molecule has 0 saturated carbocycles. The van der Waals surface area contributed by atoms with Crippen molar-refractivity contribution in [3.8, 4) is 0 Å². The highest BCUT2D eigenvalue weighted by Crippen LogP contribution is 2.35. The molecule has 2 aliphatic rings. The predicted molar refractivity (Wildman–Crippen MR) is 224 cm³/mol. The van der Waals surface area contributed by atoms with Crippen LogP contribution in [0.25, 0.3) is 27.6 Å².